The highest BCUT2D eigenvalue weighted by Gasteiger charge is 2.19. The summed E-state index contributed by atoms with van der Waals surface area (Å²) in [6, 6.07) is 5.65. The number of hydrogen-bond donors (Lipinski definition) is 2. The van der Waals surface area contributed by atoms with Gasteiger partial charge < -0.3 is 9.97 Å². The molecule has 0 amide bonds. The van der Waals surface area contributed by atoms with E-state index in [1.165, 1.54) is 23.1 Å². The molecule has 3 nitrogen and oxygen atoms in total. The zero-order chi connectivity index (χ0) is 13.0. The molecular weight excluding hydrogens is 236 g/mol. The van der Waals surface area contributed by atoms with Crippen molar-refractivity contribution < 1.29 is 0 Å². The number of pyridine rings is 1. The minimum absolute atomic E-state index is 0.0751. The average molecular weight is 250 g/mol. The van der Waals surface area contributed by atoms with Crippen LogP contribution in [-0.2, 0) is 12.8 Å². The van der Waals surface area contributed by atoms with Crippen LogP contribution in [0.1, 0.15) is 23.2 Å². The van der Waals surface area contributed by atoms with Crippen LogP contribution in [-0.4, -0.2) is 9.97 Å². The van der Waals surface area contributed by atoms with Crippen LogP contribution in [0.5, 0.6) is 0 Å². The smallest absolute Gasteiger partial charge is 0.249 e. The number of rotatable bonds is 1. The predicted octanol–water partition coefficient (Wildman–Crippen LogP) is 3.14. The van der Waals surface area contributed by atoms with Crippen molar-refractivity contribution in [1.82, 2.24) is 9.97 Å². The number of fused-ring (bicyclic) bond motifs is 5. The van der Waals surface area contributed by atoms with E-state index in [2.05, 4.69) is 22.6 Å². The quantitative estimate of drug-likeness (QED) is 0.685. The summed E-state index contributed by atoms with van der Waals surface area (Å²) in [5.41, 5.74) is 5.65. The molecule has 2 N–H and O–H groups in total. The third-order valence-electron chi connectivity index (χ3n) is 4.06. The second-order valence-electron chi connectivity index (χ2n) is 5.14. The van der Waals surface area contributed by atoms with Crippen LogP contribution in [0.15, 0.2) is 29.6 Å². The van der Waals surface area contributed by atoms with E-state index in [-0.39, 0.29) is 5.56 Å². The van der Waals surface area contributed by atoms with E-state index in [0.717, 1.165) is 34.8 Å². The Morgan fingerprint density at radius 1 is 1.11 bits per heavy atom. The Morgan fingerprint density at radius 2 is 1.89 bits per heavy atom. The number of aromatic amines is 2. The third-order valence-corrected chi connectivity index (χ3v) is 4.06. The van der Waals surface area contributed by atoms with Crippen LogP contribution in [0, 0.1) is 0 Å². The van der Waals surface area contributed by atoms with Gasteiger partial charge in [-0.15, -0.1) is 0 Å². The molecule has 3 heteroatoms. The first-order chi connectivity index (χ1) is 9.28. The Morgan fingerprint density at radius 3 is 2.68 bits per heavy atom. The number of benzene rings is 1. The molecule has 0 aliphatic heterocycles. The van der Waals surface area contributed by atoms with Gasteiger partial charge in [0.25, 0.3) is 0 Å². The van der Waals surface area contributed by atoms with Crippen LogP contribution in [0.3, 0.4) is 0 Å². The van der Waals surface area contributed by atoms with Crippen molar-refractivity contribution in [2.75, 3.05) is 0 Å². The number of H-pyrrole nitrogens is 2. The van der Waals surface area contributed by atoms with Crippen molar-refractivity contribution in [2.45, 2.75) is 19.3 Å². The molecule has 1 aliphatic carbocycles. The molecule has 19 heavy (non-hydrogen) atoms. The standard InChI is InChI=1S/C16H14N2O/c1-2-9-8-14(19)18-12-6-7-13-16(15(9)12)10-4-3-5-11(10)17-13/h2,6-8,17H,1,3-5H2,(H,18,19). The SMILES string of the molecule is C=Cc1cc(=O)[nH]c2ccc3[nH]c4c(c3c12)CCC4. The zero-order valence-corrected chi connectivity index (χ0v) is 10.5. The van der Waals surface area contributed by atoms with Gasteiger partial charge in [-0.25, -0.2) is 0 Å². The molecule has 0 spiro atoms. The fraction of sp³-hybridized carbons (Fsp3) is 0.188. The average Bonchev–Trinajstić information content (AvgIpc) is 2.97. The van der Waals surface area contributed by atoms with Gasteiger partial charge in [0.05, 0.1) is 0 Å². The maximum Gasteiger partial charge on any atom is 0.249 e. The maximum atomic E-state index is 11.7. The van der Waals surface area contributed by atoms with Crippen LogP contribution in [0.25, 0.3) is 27.9 Å². The molecule has 0 unspecified atom stereocenters. The Hall–Kier alpha value is -2.29. The summed E-state index contributed by atoms with van der Waals surface area (Å²) in [7, 11) is 0. The fourth-order valence-electron chi connectivity index (χ4n) is 3.29. The topological polar surface area (TPSA) is 48.6 Å². The molecule has 2 heterocycles. The Balaban J connectivity index is 2.30. The van der Waals surface area contributed by atoms with E-state index < -0.39 is 0 Å². The van der Waals surface area contributed by atoms with E-state index in [1.807, 2.05) is 6.07 Å². The summed E-state index contributed by atoms with van der Waals surface area (Å²) in [4.78, 5) is 18.1. The van der Waals surface area contributed by atoms with Gasteiger partial charge in [-0.1, -0.05) is 12.7 Å². The number of aromatic nitrogens is 2. The Labute approximate surface area is 110 Å². The molecule has 2 aromatic heterocycles. The summed E-state index contributed by atoms with van der Waals surface area (Å²) in [6.07, 6.45) is 5.22. The van der Waals surface area contributed by atoms with E-state index in [9.17, 15) is 4.79 Å². The molecule has 0 saturated carbocycles. The van der Waals surface area contributed by atoms with Crippen LogP contribution in [0.2, 0.25) is 0 Å². The molecule has 3 aromatic rings. The second-order valence-corrected chi connectivity index (χ2v) is 5.14. The van der Waals surface area contributed by atoms with Crippen molar-refractivity contribution in [2.24, 2.45) is 0 Å². The molecule has 0 bridgehead atoms. The lowest BCUT2D eigenvalue weighted by Crippen LogP contribution is -2.05. The fourth-order valence-corrected chi connectivity index (χ4v) is 3.29. The number of aryl methyl sites for hydroxylation is 2. The first-order valence-electron chi connectivity index (χ1n) is 6.60. The van der Waals surface area contributed by atoms with Crippen molar-refractivity contribution >= 4 is 27.9 Å². The van der Waals surface area contributed by atoms with Gasteiger partial charge in [-0.05, 0) is 42.5 Å². The Bertz CT molecular complexity index is 883. The number of hydrogen-bond acceptors (Lipinski definition) is 1. The van der Waals surface area contributed by atoms with Crippen LogP contribution >= 0.6 is 0 Å². The summed E-state index contributed by atoms with van der Waals surface area (Å²) < 4.78 is 0. The maximum absolute atomic E-state index is 11.7. The molecular formula is C16H14N2O. The molecule has 4 rings (SSSR count). The summed E-state index contributed by atoms with van der Waals surface area (Å²) in [6.45, 7) is 3.84. The highest BCUT2D eigenvalue weighted by atomic mass is 16.1. The van der Waals surface area contributed by atoms with Gasteiger partial charge in [0.15, 0.2) is 0 Å². The third kappa shape index (κ3) is 1.35. The van der Waals surface area contributed by atoms with Gasteiger partial charge >= 0.3 is 0 Å². The van der Waals surface area contributed by atoms with Crippen molar-refractivity contribution in [3.8, 4) is 0 Å². The van der Waals surface area contributed by atoms with E-state index in [0.29, 0.717) is 0 Å². The number of nitrogens with one attached hydrogen (secondary N) is 2. The molecule has 0 atom stereocenters. The molecule has 1 aliphatic rings. The normalized spacial score (nSPS) is 14.1. The van der Waals surface area contributed by atoms with Gasteiger partial charge in [0.2, 0.25) is 5.56 Å². The van der Waals surface area contributed by atoms with Gasteiger partial charge in [0.1, 0.15) is 0 Å². The summed E-state index contributed by atoms with van der Waals surface area (Å²) in [5.74, 6) is 0. The summed E-state index contributed by atoms with van der Waals surface area (Å²) >= 11 is 0. The van der Waals surface area contributed by atoms with Crippen molar-refractivity contribution in [3.63, 3.8) is 0 Å². The molecule has 94 valence electrons. The van der Waals surface area contributed by atoms with E-state index >= 15 is 0 Å². The minimum Gasteiger partial charge on any atom is -0.358 e. The molecule has 0 saturated heterocycles. The molecule has 0 fully saturated rings. The van der Waals surface area contributed by atoms with Gasteiger partial charge in [-0.3, -0.25) is 4.79 Å². The molecule has 1 aromatic carbocycles. The van der Waals surface area contributed by atoms with E-state index in [4.69, 9.17) is 0 Å². The summed E-state index contributed by atoms with van der Waals surface area (Å²) in [5, 5.41) is 2.38. The lowest BCUT2D eigenvalue weighted by Gasteiger charge is -2.05. The minimum atomic E-state index is -0.0751. The van der Waals surface area contributed by atoms with Crippen LogP contribution in [0.4, 0.5) is 0 Å². The first kappa shape index (κ1) is 10.6. The monoisotopic (exact) mass is 250 g/mol. The van der Waals surface area contributed by atoms with Gasteiger partial charge in [0, 0.05) is 33.6 Å². The van der Waals surface area contributed by atoms with Gasteiger partial charge in [-0.2, -0.15) is 0 Å². The zero-order valence-electron chi connectivity index (χ0n) is 10.5. The van der Waals surface area contributed by atoms with E-state index in [1.54, 1.807) is 12.1 Å². The highest BCUT2D eigenvalue weighted by molar-refractivity contribution is 6.11. The first-order valence-corrected chi connectivity index (χ1v) is 6.60. The predicted molar refractivity (Wildman–Crippen MR) is 78.5 cm³/mol. The largest absolute Gasteiger partial charge is 0.358 e. The van der Waals surface area contributed by atoms with Crippen LogP contribution < -0.4 is 5.56 Å². The lowest BCUT2D eigenvalue weighted by molar-refractivity contribution is 0.899. The van der Waals surface area contributed by atoms with Crippen molar-refractivity contribution in [3.05, 3.63) is 52.0 Å². The van der Waals surface area contributed by atoms with Crippen molar-refractivity contribution in [1.29, 1.82) is 0 Å². The lowest BCUT2D eigenvalue weighted by atomic mass is 10.0. The highest BCUT2D eigenvalue weighted by Crippen LogP contribution is 2.35. The molecule has 0 radical (unpaired) electrons. The Kier molecular flexibility index (Phi) is 2.01. The second kappa shape index (κ2) is 3.60.